The largest absolute Gasteiger partial charge is 0.497 e. The molecule has 0 radical (unpaired) electrons. The number of likely N-dealkylation sites (tertiary alicyclic amines) is 1. The molecule has 1 aromatic rings. The van der Waals surface area contributed by atoms with Gasteiger partial charge >= 0.3 is 0 Å². The molecule has 1 aromatic carbocycles. The van der Waals surface area contributed by atoms with Crippen molar-refractivity contribution >= 4 is 5.91 Å². The van der Waals surface area contributed by atoms with Crippen LogP contribution in [-0.4, -0.2) is 43.6 Å². The van der Waals surface area contributed by atoms with Crippen LogP contribution in [0.5, 0.6) is 5.75 Å². The average Bonchev–Trinajstić information content (AvgIpc) is 3.09. The number of hydrogen-bond donors (Lipinski definition) is 1. The molecule has 1 N–H and O–H groups in total. The average molecular weight is 288 g/mol. The van der Waals surface area contributed by atoms with E-state index in [0.717, 1.165) is 37.4 Å². The summed E-state index contributed by atoms with van der Waals surface area (Å²) in [4.78, 5) is 14.7. The van der Waals surface area contributed by atoms with Crippen LogP contribution < -0.4 is 10.1 Å². The van der Waals surface area contributed by atoms with Gasteiger partial charge in [0.25, 0.3) is 5.91 Å². The van der Waals surface area contributed by atoms with Crippen LogP contribution in [-0.2, 0) is 0 Å². The number of nitrogens with one attached hydrogen (secondary N) is 1. The summed E-state index contributed by atoms with van der Waals surface area (Å²) in [5.74, 6) is 1.49. The summed E-state index contributed by atoms with van der Waals surface area (Å²) in [6.07, 6.45) is 4.87. The Morgan fingerprint density at radius 3 is 3.00 bits per heavy atom. The predicted molar refractivity (Wildman–Crippen MR) is 82.6 cm³/mol. The molecule has 2 aliphatic rings. The van der Waals surface area contributed by atoms with Crippen LogP contribution in [0, 0.1) is 5.92 Å². The third-order valence-electron chi connectivity index (χ3n) is 4.73. The molecule has 3 rings (SSSR count). The van der Waals surface area contributed by atoms with Crippen LogP contribution in [0.25, 0.3) is 0 Å². The van der Waals surface area contributed by atoms with Gasteiger partial charge in [-0.15, -0.1) is 0 Å². The zero-order chi connectivity index (χ0) is 14.7. The smallest absolute Gasteiger partial charge is 0.253 e. The summed E-state index contributed by atoms with van der Waals surface area (Å²) < 4.78 is 5.21. The topological polar surface area (TPSA) is 41.6 Å². The molecule has 0 aliphatic carbocycles. The van der Waals surface area contributed by atoms with E-state index >= 15 is 0 Å². The van der Waals surface area contributed by atoms with Gasteiger partial charge in [0, 0.05) is 24.7 Å². The molecule has 2 unspecified atom stereocenters. The number of carbonyl (C=O) groups excluding carboxylic acids is 1. The highest BCUT2D eigenvalue weighted by molar-refractivity contribution is 5.94. The van der Waals surface area contributed by atoms with Crippen molar-refractivity contribution in [3.63, 3.8) is 0 Å². The van der Waals surface area contributed by atoms with E-state index in [-0.39, 0.29) is 5.91 Å². The van der Waals surface area contributed by atoms with Gasteiger partial charge in [-0.25, -0.2) is 0 Å². The highest BCUT2D eigenvalue weighted by Crippen LogP contribution is 2.26. The fourth-order valence-corrected chi connectivity index (χ4v) is 3.58. The zero-order valence-electron chi connectivity index (χ0n) is 12.7. The molecule has 21 heavy (non-hydrogen) atoms. The van der Waals surface area contributed by atoms with Crippen molar-refractivity contribution in [3.8, 4) is 5.75 Å². The van der Waals surface area contributed by atoms with Crippen LogP contribution >= 0.6 is 0 Å². The fourth-order valence-electron chi connectivity index (χ4n) is 3.58. The molecule has 0 saturated carbocycles. The molecule has 2 aliphatic heterocycles. The van der Waals surface area contributed by atoms with Crippen molar-refractivity contribution in [2.75, 3.05) is 26.7 Å². The number of hydrogen-bond acceptors (Lipinski definition) is 3. The summed E-state index contributed by atoms with van der Waals surface area (Å²) in [6, 6.07) is 8.07. The van der Waals surface area contributed by atoms with E-state index < -0.39 is 0 Å². The van der Waals surface area contributed by atoms with Crippen LogP contribution in [0.3, 0.4) is 0 Å². The second-order valence-corrected chi connectivity index (χ2v) is 6.09. The van der Waals surface area contributed by atoms with Gasteiger partial charge in [-0.05, 0) is 56.3 Å². The van der Waals surface area contributed by atoms with Gasteiger partial charge < -0.3 is 15.0 Å². The number of piperidine rings is 1. The second-order valence-electron chi connectivity index (χ2n) is 6.09. The van der Waals surface area contributed by atoms with E-state index in [0.29, 0.717) is 12.0 Å². The Labute approximate surface area is 126 Å². The van der Waals surface area contributed by atoms with E-state index in [1.165, 1.54) is 19.3 Å². The number of benzene rings is 1. The first-order valence-corrected chi connectivity index (χ1v) is 7.94. The summed E-state index contributed by atoms with van der Waals surface area (Å²) in [7, 11) is 1.63. The van der Waals surface area contributed by atoms with E-state index in [2.05, 4.69) is 5.32 Å². The lowest BCUT2D eigenvalue weighted by Crippen LogP contribution is -2.45. The van der Waals surface area contributed by atoms with Crippen molar-refractivity contribution in [2.45, 2.75) is 31.7 Å². The summed E-state index contributed by atoms with van der Waals surface area (Å²) in [6.45, 7) is 2.89. The Hall–Kier alpha value is -1.55. The molecule has 2 saturated heterocycles. The number of nitrogens with zero attached hydrogens (tertiary/aromatic N) is 1. The van der Waals surface area contributed by atoms with E-state index in [4.69, 9.17) is 4.74 Å². The summed E-state index contributed by atoms with van der Waals surface area (Å²) >= 11 is 0. The molecule has 4 nitrogen and oxygen atoms in total. The molecular formula is C17H24N2O2. The standard InChI is InChI=1S/C17H24N2O2/c1-21-15-7-2-5-13(11-15)17(20)19-10-4-6-14(12-19)16-8-3-9-18-16/h2,5,7,11,14,16,18H,3-4,6,8-10,12H2,1H3. The maximum absolute atomic E-state index is 12.7. The first-order valence-electron chi connectivity index (χ1n) is 7.94. The van der Waals surface area contributed by atoms with Gasteiger partial charge in [0.1, 0.15) is 5.75 Å². The molecule has 1 amide bonds. The lowest BCUT2D eigenvalue weighted by Gasteiger charge is -2.36. The first kappa shape index (κ1) is 14.4. The normalized spacial score (nSPS) is 25.9. The Morgan fingerprint density at radius 1 is 1.33 bits per heavy atom. The molecule has 0 aromatic heterocycles. The quantitative estimate of drug-likeness (QED) is 0.928. The number of ether oxygens (including phenoxy) is 1. The second kappa shape index (κ2) is 6.48. The lowest BCUT2D eigenvalue weighted by atomic mass is 9.89. The van der Waals surface area contributed by atoms with Gasteiger partial charge in [0.2, 0.25) is 0 Å². The van der Waals surface area contributed by atoms with Crippen molar-refractivity contribution < 1.29 is 9.53 Å². The third kappa shape index (κ3) is 3.21. The molecule has 2 atom stereocenters. The lowest BCUT2D eigenvalue weighted by molar-refractivity contribution is 0.0650. The van der Waals surface area contributed by atoms with Crippen molar-refractivity contribution in [3.05, 3.63) is 29.8 Å². The summed E-state index contributed by atoms with van der Waals surface area (Å²) in [5, 5.41) is 3.59. The van der Waals surface area contributed by atoms with Crippen molar-refractivity contribution in [1.82, 2.24) is 10.2 Å². The van der Waals surface area contributed by atoms with Crippen LogP contribution in [0.2, 0.25) is 0 Å². The number of carbonyl (C=O) groups is 1. The molecule has 114 valence electrons. The molecular weight excluding hydrogens is 264 g/mol. The van der Waals surface area contributed by atoms with Crippen molar-refractivity contribution in [2.24, 2.45) is 5.92 Å². The Bertz CT molecular complexity index is 497. The molecule has 0 bridgehead atoms. The molecule has 2 heterocycles. The minimum Gasteiger partial charge on any atom is -0.497 e. The molecule has 0 spiro atoms. The summed E-state index contributed by atoms with van der Waals surface area (Å²) in [5.41, 5.74) is 0.731. The highest BCUT2D eigenvalue weighted by Gasteiger charge is 2.31. The Morgan fingerprint density at radius 2 is 2.24 bits per heavy atom. The minimum atomic E-state index is 0.136. The maximum Gasteiger partial charge on any atom is 0.253 e. The highest BCUT2D eigenvalue weighted by atomic mass is 16.5. The Balaban J connectivity index is 1.68. The maximum atomic E-state index is 12.7. The zero-order valence-corrected chi connectivity index (χ0v) is 12.7. The molecule has 4 heteroatoms. The monoisotopic (exact) mass is 288 g/mol. The van der Waals surface area contributed by atoms with Crippen molar-refractivity contribution in [1.29, 1.82) is 0 Å². The van der Waals surface area contributed by atoms with E-state index in [1.807, 2.05) is 29.2 Å². The SMILES string of the molecule is COc1cccc(C(=O)N2CCCC(C3CCCN3)C2)c1. The third-order valence-corrected chi connectivity index (χ3v) is 4.73. The van der Waals surface area contributed by atoms with Gasteiger partial charge in [-0.1, -0.05) is 6.07 Å². The first-order chi connectivity index (χ1) is 10.3. The van der Waals surface area contributed by atoms with Gasteiger partial charge in [-0.3, -0.25) is 4.79 Å². The van der Waals surface area contributed by atoms with Crippen LogP contribution in [0.4, 0.5) is 0 Å². The van der Waals surface area contributed by atoms with Gasteiger partial charge in [0.05, 0.1) is 7.11 Å². The minimum absolute atomic E-state index is 0.136. The fraction of sp³-hybridized carbons (Fsp3) is 0.588. The number of amides is 1. The van der Waals surface area contributed by atoms with Gasteiger partial charge in [0.15, 0.2) is 0 Å². The predicted octanol–water partition coefficient (Wildman–Crippen LogP) is 2.30. The number of methoxy groups -OCH3 is 1. The van der Waals surface area contributed by atoms with Crippen LogP contribution in [0.1, 0.15) is 36.0 Å². The molecule has 2 fully saturated rings. The van der Waals surface area contributed by atoms with Crippen LogP contribution in [0.15, 0.2) is 24.3 Å². The Kier molecular flexibility index (Phi) is 4.44. The van der Waals surface area contributed by atoms with E-state index in [1.54, 1.807) is 7.11 Å². The van der Waals surface area contributed by atoms with E-state index in [9.17, 15) is 4.79 Å². The van der Waals surface area contributed by atoms with Gasteiger partial charge in [-0.2, -0.15) is 0 Å². The number of rotatable bonds is 3.